The molecule has 0 amide bonds. The standard InChI is InChI=1S/C27H30N2O/c30-19-9-8-18-12-26-23-14-21-20-6-1-2-7-24(20)28-25(21)15-27(23,22(18)13-19)10-11-29(26)16-17-4-3-5-17/h1-2,6-9,13,17,23,26,28,30H,3-5,10-12,14-16H2/t23-,26+,27-/m0/s1. The van der Waals surface area contributed by atoms with E-state index in [0.29, 0.717) is 17.7 Å². The number of aromatic amines is 1. The molecule has 3 atom stereocenters. The van der Waals surface area contributed by atoms with Crippen LogP contribution in [0, 0.1) is 11.8 Å². The quantitative estimate of drug-likeness (QED) is 0.641. The summed E-state index contributed by atoms with van der Waals surface area (Å²) in [6.07, 6.45) is 8.90. The number of nitrogens with zero attached hydrogens (tertiary/aromatic N) is 1. The third-order valence-electron chi connectivity index (χ3n) is 9.08. The number of aromatic nitrogens is 1. The molecule has 1 saturated heterocycles. The minimum Gasteiger partial charge on any atom is -0.508 e. The fourth-order valence-electron chi connectivity index (χ4n) is 7.41. The highest BCUT2D eigenvalue weighted by atomic mass is 16.3. The summed E-state index contributed by atoms with van der Waals surface area (Å²) in [5.74, 6) is 2.00. The fourth-order valence-corrected chi connectivity index (χ4v) is 7.41. The number of para-hydroxylation sites is 1. The van der Waals surface area contributed by atoms with Gasteiger partial charge in [0.2, 0.25) is 0 Å². The zero-order valence-corrected chi connectivity index (χ0v) is 17.5. The second kappa shape index (κ2) is 6.13. The molecule has 2 heterocycles. The van der Waals surface area contributed by atoms with Crippen LogP contribution in [0.15, 0.2) is 42.5 Å². The average Bonchev–Trinajstić information content (AvgIpc) is 3.08. The van der Waals surface area contributed by atoms with Crippen molar-refractivity contribution in [1.82, 2.24) is 9.88 Å². The second-order valence-corrected chi connectivity index (χ2v) is 10.4. The molecule has 4 aliphatic rings. The fraction of sp³-hybridized carbons (Fsp3) is 0.481. The Balaban J connectivity index is 1.38. The lowest BCUT2D eigenvalue weighted by atomic mass is 9.52. The summed E-state index contributed by atoms with van der Waals surface area (Å²) in [6, 6.07) is 15.7. The summed E-state index contributed by atoms with van der Waals surface area (Å²) in [7, 11) is 0. The van der Waals surface area contributed by atoms with Crippen LogP contribution in [0.5, 0.6) is 5.75 Å². The molecule has 154 valence electrons. The molecule has 0 radical (unpaired) electrons. The van der Waals surface area contributed by atoms with Crippen LogP contribution in [0.3, 0.4) is 0 Å². The maximum Gasteiger partial charge on any atom is 0.115 e. The van der Waals surface area contributed by atoms with Crippen LogP contribution in [0.1, 0.15) is 48.1 Å². The smallest absolute Gasteiger partial charge is 0.115 e. The Morgan fingerprint density at radius 2 is 2.00 bits per heavy atom. The van der Waals surface area contributed by atoms with E-state index in [1.165, 1.54) is 72.9 Å². The van der Waals surface area contributed by atoms with E-state index in [2.05, 4.69) is 46.3 Å². The van der Waals surface area contributed by atoms with Gasteiger partial charge in [-0.2, -0.15) is 0 Å². The van der Waals surface area contributed by atoms with E-state index in [1.807, 2.05) is 6.07 Å². The third-order valence-corrected chi connectivity index (χ3v) is 9.08. The largest absolute Gasteiger partial charge is 0.508 e. The van der Waals surface area contributed by atoms with Gasteiger partial charge in [-0.1, -0.05) is 30.7 Å². The summed E-state index contributed by atoms with van der Waals surface area (Å²) >= 11 is 0. The van der Waals surface area contributed by atoms with Crippen molar-refractivity contribution in [1.29, 1.82) is 0 Å². The first-order valence-electron chi connectivity index (χ1n) is 11.9. The van der Waals surface area contributed by atoms with Crippen molar-refractivity contribution in [3.8, 4) is 5.75 Å². The Morgan fingerprint density at radius 1 is 1.10 bits per heavy atom. The van der Waals surface area contributed by atoms with Crippen molar-refractivity contribution in [2.45, 2.75) is 56.4 Å². The molecular weight excluding hydrogens is 368 g/mol. The molecule has 0 unspecified atom stereocenters. The van der Waals surface area contributed by atoms with Gasteiger partial charge in [0.05, 0.1) is 0 Å². The molecule has 0 spiro atoms. The van der Waals surface area contributed by atoms with Crippen molar-refractivity contribution in [2.75, 3.05) is 13.1 Å². The summed E-state index contributed by atoms with van der Waals surface area (Å²) in [6.45, 7) is 2.51. The van der Waals surface area contributed by atoms with Crippen LogP contribution in [0.2, 0.25) is 0 Å². The Bertz CT molecular complexity index is 1140. The van der Waals surface area contributed by atoms with Gasteiger partial charge in [-0.15, -0.1) is 0 Å². The monoisotopic (exact) mass is 398 g/mol. The predicted octanol–water partition coefficient (Wildman–Crippen LogP) is 4.96. The van der Waals surface area contributed by atoms with Crippen molar-refractivity contribution < 1.29 is 5.11 Å². The molecular formula is C27H30N2O. The van der Waals surface area contributed by atoms with E-state index in [9.17, 15) is 5.11 Å². The molecule has 2 bridgehead atoms. The Labute approximate surface area is 178 Å². The molecule has 2 fully saturated rings. The molecule has 1 saturated carbocycles. The maximum absolute atomic E-state index is 10.4. The maximum atomic E-state index is 10.4. The normalized spacial score (nSPS) is 30.4. The summed E-state index contributed by atoms with van der Waals surface area (Å²) < 4.78 is 0. The van der Waals surface area contributed by atoms with Gasteiger partial charge in [-0.05, 0) is 91.8 Å². The van der Waals surface area contributed by atoms with Gasteiger partial charge in [0, 0.05) is 34.6 Å². The first-order valence-corrected chi connectivity index (χ1v) is 11.9. The van der Waals surface area contributed by atoms with Gasteiger partial charge in [-0.3, -0.25) is 4.90 Å². The van der Waals surface area contributed by atoms with Crippen LogP contribution in [-0.2, 0) is 24.7 Å². The molecule has 2 aromatic carbocycles. The zero-order chi connectivity index (χ0) is 19.9. The number of phenols is 1. The summed E-state index contributed by atoms with van der Waals surface area (Å²) in [4.78, 5) is 6.64. The Morgan fingerprint density at radius 3 is 2.87 bits per heavy atom. The van der Waals surface area contributed by atoms with Crippen LogP contribution < -0.4 is 0 Å². The first-order chi connectivity index (χ1) is 14.7. The zero-order valence-electron chi connectivity index (χ0n) is 17.5. The van der Waals surface area contributed by atoms with E-state index in [1.54, 1.807) is 5.56 Å². The molecule has 3 aromatic rings. The van der Waals surface area contributed by atoms with Crippen LogP contribution in [0.4, 0.5) is 0 Å². The van der Waals surface area contributed by atoms with Gasteiger partial charge < -0.3 is 10.1 Å². The number of aromatic hydroxyl groups is 1. The highest BCUT2D eigenvalue weighted by Gasteiger charge is 2.55. The molecule has 7 rings (SSSR count). The van der Waals surface area contributed by atoms with Crippen LogP contribution >= 0.6 is 0 Å². The van der Waals surface area contributed by atoms with Crippen LogP contribution in [0.25, 0.3) is 10.9 Å². The highest BCUT2D eigenvalue weighted by Crippen LogP contribution is 2.56. The number of likely N-dealkylation sites (tertiary alicyclic amines) is 1. The van der Waals surface area contributed by atoms with Gasteiger partial charge >= 0.3 is 0 Å². The average molecular weight is 399 g/mol. The highest BCUT2D eigenvalue weighted by molar-refractivity contribution is 5.85. The molecule has 2 N–H and O–H groups in total. The molecule has 1 aromatic heterocycles. The van der Waals surface area contributed by atoms with Gasteiger partial charge in [0.15, 0.2) is 0 Å². The van der Waals surface area contributed by atoms with Crippen molar-refractivity contribution in [3.63, 3.8) is 0 Å². The molecule has 30 heavy (non-hydrogen) atoms. The minimum absolute atomic E-state index is 0.168. The summed E-state index contributed by atoms with van der Waals surface area (Å²) in [5, 5.41) is 11.8. The number of phenolic OH excluding ortho intramolecular Hbond substituents is 1. The lowest BCUT2D eigenvalue weighted by Gasteiger charge is -2.59. The lowest BCUT2D eigenvalue weighted by Crippen LogP contribution is -2.63. The Kier molecular flexibility index (Phi) is 3.56. The topological polar surface area (TPSA) is 39.3 Å². The number of hydrogen-bond acceptors (Lipinski definition) is 2. The number of hydrogen-bond donors (Lipinski definition) is 2. The van der Waals surface area contributed by atoms with Gasteiger partial charge in [-0.25, -0.2) is 0 Å². The van der Waals surface area contributed by atoms with Gasteiger partial charge in [0.1, 0.15) is 5.75 Å². The Hall–Kier alpha value is -2.26. The van der Waals surface area contributed by atoms with E-state index in [0.717, 1.165) is 18.8 Å². The van der Waals surface area contributed by atoms with Crippen molar-refractivity contribution in [3.05, 3.63) is 64.8 Å². The van der Waals surface area contributed by atoms with Crippen molar-refractivity contribution >= 4 is 10.9 Å². The molecule has 3 nitrogen and oxygen atoms in total. The van der Waals surface area contributed by atoms with E-state index in [-0.39, 0.29) is 5.41 Å². The number of nitrogens with one attached hydrogen (secondary N) is 1. The second-order valence-electron chi connectivity index (χ2n) is 10.4. The lowest BCUT2D eigenvalue weighted by molar-refractivity contribution is -0.00774. The number of rotatable bonds is 2. The molecule has 1 aliphatic heterocycles. The number of H-pyrrole nitrogens is 1. The predicted molar refractivity (Wildman–Crippen MR) is 120 cm³/mol. The number of fused-ring (bicyclic) bond motifs is 4. The summed E-state index contributed by atoms with van der Waals surface area (Å²) in [5.41, 5.74) is 7.37. The van der Waals surface area contributed by atoms with Crippen molar-refractivity contribution in [2.24, 2.45) is 11.8 Å². The first kappa shape index (κ1) is 17.4. The SMILES string of the molecule is Oc1ccc2c(c1)[C@@]13CCN(CC4CCC4)[C@H](C2)[C@@H]1Cc1c([nH]c2ccccc12)C3. The van der Waals surface area contributed by atoms with E-state index >= 15 is 0 Å². The number of benzene rings is 2. The minimum atomic E-state index is 0.168. The third kappa shape index (κ3) is 2.30. The van der Waals surface area contributed by atoms with E-state index in [4.69, 9.17) is 0 Å². The van der Waals surface area contributed by atoms with Crippen LogP contribution in [-0.4, -0.2) is 34.1 Å². The van der Waals surface area contributed by atoms with E-state index < -0.39 is 0 Å². The molecule has 3 heteroatoms. The molecule has 3 aliphatic carbocycles. The number of piperidine rings is 1. The van der Waals surface area contributed by atoms with Gasteiger partial charge in [0.25, 0.3) is 0 Å².